The monoisotopic (exact) mass is 272 g/mol. The fourth-order valence-electron chi connectivity index (χ4n) is 1.52. The average molecular weight is 273 g/mol. The Morgan fingerprint density at radius 2 is 2.07 bits per heavy atom. The third-order valence-corrected chi connectivity index (χ3v) is 3.11. The average Bonchev–Trinajstić information content (AvgIpc) is 2.60. The van der Waals surface area contributed by atoms with Gasteiger partial charge in [0.2, 0.25) is 6.79 Å². The standard InChI is InChI=1S/C11H13BrO3/c1-7(13)2-3-8-4-10-11(5-9(8)12)15-6-14-10/h4-5,7,13H,2-3,6H2,1H3. The normalized spacial score (nSPS) is 15.4. The van der Waals surface area contributed by atoms with Crippen LogP contribution in [0.3, 0.4) is 0 Å². The predicted octanol–water partition coefficient (Wildman–Crippen LogP) is 2.49. The number of aliphatic hydroxyl groups excluding tert-OH is 1. The molecule has 0 aliphatic carbocycles. The molecule has 0 saturated carbocycles. The van der Waals surface area contributed by atoms with Crippen LogP contribution in [-0.2, 0) is 6.42 Å². The molecule has 1 aromatic carbocycles. The molecule has 1 N–H and O–H groups in total. The van der Waals surface area contributed by atoms with Crippen molar-refractivity contribution in [2.24, 2.45) is 0 Å². The molecule has 0 fully saturated rings. The van der Waals surface area contributed by atoms with Crippen LogP contribution in [0.25, 0.3) is 0 Å². The number of ether oxygens (including phenoxy) is 2. The lowest BCUT2D eigenvalue weighted by atomic mass is 10.1. The van der Waals surface area contributed by atoms with Crippen LogP contribution >= 0.6 is 15.9 Å². The fourth-order valence-corrected chi connectivity index (χ4v) is 2.04. The SMILES string of the molecule is CC(O)CCc1cc2c(cc1Br)OCO2. The molecule has 82 valence electrons. The van der Waals surface area contributed by atoms with E-state index in [2.05, 4.69) is 15.9 Å². The minimum atomic E-state index is -0.276. The quantitative estimate of drug-likeness (QED) is 0.919. The molecular formula is C11H13BrO3. The molecule has 1 heterocycles. The Balaban J connectivity index is 2.17. The molecule has 1 aromatic rings. The summed E-state index contributed by atoms with van der Waals surface area (Å²) in [5, 5.41) is 9.23. The summed E-state index contributed by atoms with van der Waals surface area (Å²) in [5.41, 5.74) is 1.14. The number of halogens is 1. The van der Waals surface area contributed by atoms with Gasteiger partial charge in [-0.1, -0.05) is 15.9 Å². The minimum absolute atomic E-state index is 0.276. The second-order valence-corrected chi connectivity index (χ2v) is 4.54. The van der Waals surface area contributed by atoms with E-state index in [1.54, 1.807) is 6.92 Å². The van der Waals surface area contributed by atoms with E-state index in [0.29, 0.717) is 6.79 Å². The van der Waals surface area contributed by atoms with Crippen molar-refractivity contribution in [2.75, 3.05) is 6.79 Å². The summed E-state index contributed by atoms with van der Waals surface area (Å²) >= 11 is 3.48. The first-order valence-electron chi connectivity index (χ1n) is 4.93. The highest BCUT2D eigenvalue weighted by molar-refractivity contribution is 9.10. The zero-order chi connectivity index (χ0) is 10.8. The largest absolute Gasteiger partial charge is 0.454 e. The molecule has 0 radical (unpaired) electrons. The molecule has 1 aliphatic rings. The van der Waals surface area contributed by atoms with Gasteiger partial charge < -0.3 is 14.6 Å². The van der Waals surface area contributed by atoms with Crippen LogP contribution in [0, 0.1) is 0 Å². The summed E-state index contributed by atoms with van der Waals surface area (Å²) in [6.45, 7) is 2.09. The van der Waals surface area contributed by atoms with Gasteiger partial charge in [0.1, 0.15) is 0 Å². The Hall–Kier alpha value is -0.740. The van der Waals surface area contributed by atoms with E-state index in [1.807, 2.05) is 12.1 Å². The maximum atomic E-state index is 9.23. The first-order valence-corrected chi connectivity index (χ1v) is 5.72. The van der Waals surface area contributed by atoms with Crippen molar-refractivity contribution in [3.63, 3.8) is 0 Å². The molecule has 0 amide bonds. The Labute approximate surface area is 97.1 Å². The predicted molar refractivity (Wildman–Crippen MR) is 60.3 cm³/mol. The molecule has 3 nitrogen and oxygen atoms in total. The van der Waals surface area contributed by atoms with Crippen molar-refractivity contribution in [1.82, 2.24) is 0 Å². The summed E-state index contributed by atoms with van der Waals surface area (Å²) in [5.74, 6) is 1.57. The Bertz CT molecular complexity index is 363. The van der Waals surface area contributed by atoms with Gasteiger partial charge in [0.05, 0.1) is 6.10 Å². The van der Waals surface area contributed by atoms with Gasteiger partial charge >= 0.3 is 0 Å². The van der Waals surface area contributed by atoms with Gasteiger partial charge in [-0.3, -0.25) is 0 Å². The first-order chi connectivity index (χ1) is 7.16. The number of aryl methyl sites for hydroxylation is 1. The topological polar surface area (TPSA) is 38.7 Å². The summed E-state index contributed by atoms with van der Waals surface area (Å²) in [6, 6.07) is 3.88. The van der Waals surface area contributed by atoms with Crippen LogP contribution < -0.4 is 9.47 Å². The van der Waals surface area contributed by atoms with Crippen LogP contribution in [0.2, 0.25) is 0 Å². The van der Waals surface area contributed by atoms with Gasteiger partial charge in [0.25, 0.3) is 0 Å². The van der Waals surface area contributed by atoms with Crippen LogP contribution in [-0.4, -0.2) is 18.0 Å². The number of hydrogen-bond acceptors (Lipinski definition) is 3. The summed E-state index contributed by atoms with van der Waals surface area (Å²) in [6.07, 6.45) is 1.30. The number of aliphatic hydroxyl groups is 1. The molecule has 1 aliphatic heterocycles. The van der Waals surface area contributed by atoms with Gasteiger partial charge in [0, 0.05) is 4.47 Å². The molecule has 15 heavy (non-hydrogen) atoms. The lowest BCUT2D eigenvalue weighted by Gasteiger charge is -2.07. The van der Waals surface area contributed by atoms with E-state index in [-0.39, 0.29) is 6.10 Å². The summed E-state index contributed by atoms with van der Waals surface area (Å²) < 4.78 is 11.6. The summed E-state index contributed by atoms with van der Waals surface area (Å²) in [7, 11) is 0. The van der Waals surface area contributed by atoms with Gasteiger partial charge in [-0.25, -0.2) is 0 Å². The van der Waals surface area contributed by atoms with Gasteiger partial charge in [-0.2, -0.15) is 0 Å². The van der Waals surface area contributed by atoms with Gasteiger partial charge in [-0.15, -0.1) is 0 Å². The van der Waals surface area contributed by atoms with Crippen LogP contribution in [0.4, 0.5) is 0 Å². The number of benzene rings is 1. The molecule has 0 bridgehead atoms. The molecule has 2 rings (SSSR count). The highest BCUT2D eigenvalue weighted by Crippen LogP contribution is 2.37. The lowest BCUT2D eigenvalue weighted by molar-refractivity contribution is 0.173. The highest BCUT2D eigenvalue weighted by atomic mass is 79.9. The minimum Gasteiger partial charge on any atom is -0.454 e. The third-order valence-electron chi connectivity index (χ3n) is 2.37. The molecule has 1 atom stereocenters. The van der Waals surface area contributed by atoms with Crippen molar-refractivity contribution in [1.29, 1.82) is 0 Å². The van der Waals surface area contributed by atoms with Crippen molar-refractivity contribution in [2.45, 2.75) is 25.9 Å². The van der Waals surface area contributed by atoms with E-state index in [4.69, 9.17) is 9.47 Å². The van der Waals surface area contributed by atoms with Crippen LogP contribution in [0.5, 0.6) is 11.5 Å². The molecule has 4 heteroatoms. The first kappa shape index (κ1) is 10.8. The van der Waals surface area contributed by atoms with E-state index < -0.39 is 0 Å². The van der Waals surface area contributed by atoms with Crippen LogP contribution in [0.1, 0.15) is 18.9 Å². The second kappa shape index (κ2) is 4.41. The maximum absolute atomic E-state index is 9.23. The zero-order valence-corrected chi connectivity index (χ0v) is 10.1. The lowest BCUT2D eigenvalue weighted by Crippen LogP contribution is -2.01. The van der Waals surface area contributed by atoms with E-state index >= 15 is 0 Å². The second-order valence-electron chi connectivity index (χ2n) is 3.68. The molecule has 1 unspecified atom stereocenters. The van der Waals surface area contributed by atoms with Gasteiger partial charge in [0.15, 0.2) is 11.5 Å². The smallest absolute Gasteiger partial charge is 0.231 e. The third kappa shape index (κ3) is 2.44. The van der Waals surface area contributed by atoms with Crippen molar-refractivity contribution in [3.05, 3.63) is 22.2 Å². The molecule has 0 saturated heterocycles. The Morgan fingerprint density at radius 3 is 2.73 bits per heavy atom. The maximum Gasteiger partial charge on any atom is 0.231 e. The Kier molecular flexibility index (Phi) is 3.17. The van der Waals surface area contributed by atoms with E-state index in [9.17, 15) is 5.11 Å². The number of fused-ring (bicyclic) bond motifs is 1. The van der Waals surface area contributed by atoms with E-state index in [1.165, 1.54) is 0 Å². The van der Waals surface area contributed by atoms with Crippen LogP contribution in [0.15, 0.2) is 16.6 Å². The number of rotatable bonds is 3. The Morgan fingerprint density at radius 1 is 1.40 bits per heavy atom. The van der Waals surface area contributed by atoms with Crippen molar-refractivity contribution in [3.8, 4) is 11.5 Å². The highest BCUT2D eigenvalue weighted by Gasteiger charge is 2.16. The zero-order valence-electron chi connectivity index (χ0n) is 8.50. The molecular weight excluding hydrogens is 260 g/mol. The molecule has 0 aromatic heterocycles. The van der Waals surface area contributed by atoms with Crippen molar-refractivity contribution < 1.29 is 14.6 Å². The summed E-state index contributed by atoms with van der Waals surface area (Å²) in [4.78, 5) is 0. The number of hydrogen-bond donors (Lipinski definition) is 1. The van der Waals surface area contributed by atoms with Gasteiger partial charge in [-0.05, 0) is 37.5 Å². The molecule has 0 spiro atoms. The fraction of sp³-hybridized carbons (Fsp3) is 0.455. The van der Waals surface area contributed by atoms with Crippen molar-refractivity contribution >= 4 is 15.9 Å². The van der Waals surface area contributed by atoms with E-state index in [0.717, 1.165) is 34.4 Å².